The summed E-state index contributed by atoms with van der Waals surface area (Å²) in [6.07, 6.45) is 5.29. The zero-order valence-electron chi connectivity index (χ0n) is 28.4. The number of amides is 6. The van der Waals surface area contributed by atoms with E-state index in [0.29, 0.717) is 52.4 Å². The maximum Gasteiger partial charge on any atom is 0.326 e. The van der Waals surface area contributed by atoms with Crippen molar-refractivity contribution in [1.82, 2.24) is 30.0 Å². The summed E-state index contributed by atoms with van der Waals surface area (Å²) < 4.78 is 43.9. The van der Waals surface area contributed by atoms with Crippen molar-refractivity contribution in [2.24, 2.45) is 0 Å². The molecule has 17 nitrogen and oxygen atoms in total. The molecule has 4 aromatic rings. The minimum Gasteiger partial charge on any atom is -0.506 e. The minimum absolute atomic E-state index is 0.00299. The van der Waals surface area contributed by atoms with E-state index >= 15 is 4.39 Å². The van der Waals surface area contributed by atoms with Crippen LogP contribution >= 0.6 is 0 Å². The third-order valence-corrected chi connectivity index (χ3v) is 10.7. The molecule has 3 aromatic carbocycles. The summed E-state index contributed by atoms with van der Waals surface area (Å²) in [6, 6.07) is 9.69. The predicted octanol–water partition coefficient (Wildman–Crippen LogP) is 1.53. The Morgan fingerprint density at radius 2 is 1.78 bits per heavy atom. The lowest BCUT2D eigenvalue weighted by molar-refractivity contribution is -0.136. The van der Waals surface area contributed by atoms with Crippen LogP contribution in [0.5, 0.6) is 5.75 Å². The van der Waals surface area contributed by atoms with Gasteiger partial charge in [-0.15, -0.1) is 0 Å². The van der Waals surface area contributed by atoms with Crippen LogP contribution in [0, 0.1) is 5.82 Å². The Kier molecular flexibility index (Phi) is 9.48. The van der Waals surface area contributed by atoms with Crippen molar-refractivity contribution < 1.29 is 46.7 Å². The second-order valence-corrected chi connectivity index (χ2v) is 14.6. The van der Waals surface area contributed by atoms with Gasteiger partial charge in [-0.3, -0.25) is 43.7 Å². The van der Waals surface area contributed by atoms with Gasteiger partial charge in [-0.2, -0.15) is 13.5 Å². The number of piperidine rings is 1. The van der Waals surface area contributed by atoms with Crippen LogP contribution in [0.4, 0.5) is 15.8 Å². The largest absolute Gasteiger partial charge is 0.506 e. The molecule has 0 saturated carbocycles. The number of fused-ring (bicyclic) bond motifs is 2. The molecule has 2 fully saturated rings. The summed E-state index contributed by atoms with van der Waals surface area (Å²) in [5.41, 5.74) is 1.27. The fourth-order valence-corrected chi connectivity index (χ4v) is 7.90. The molecule has 0 spiro atoms. The van der Waals surface area contributed by atoms with Crippen LogP contribution in [0.3, 0.4) is 0 Å². The van der Waals surface area contributed by atoms with Gasteiger partial charge < -0.3 is 15.7 Å². The Labute approximate surface area is 306 Å². The number of phenols is 1. The number of hydrogen-bond acceptors (Lipinski definition) is 11. The number of carbonyl (C=O) groups excluding carboxylic acids is 6. The van der Waals surface area contributed by atoms with E-state index in [9.17, 15) is 42.3 Å². The number of anilines is 2. The van der Waals surface area contributed by atoms with Gasteiger partial charge in [0.2, 0.25) is 17.7 Å². The van der Waals surface area contributed by atoms with Crippen molar-refractivity contribution in [1.29, 1.82) is 0 Å². The summed E-state index contributed by atoms with van der Waals surface area (Å²) >= 11 is 0. The molecule has 3 aliphatic heterocycles. The van der Waals surface area contributed by atoms with Crippen LogP contribution < -0.4 is 25.0 Å². The van der Waals surface area contributed by atoms with E-state index in [2.05, 4.69) is 21.0 Å². The van der Waals surface area contributed by atoms with Gasteiger partial charge in [0, 0.05) is 42.3 Å². The molecule has 54 heavy (non-hydrogen) atoms. The standard InChI is InChI=1S/C35H33FN8O9S/c36-31-23-13-19(7-8-20(23)14-26(45)32(31)43-18-29(48)41-54(43,52)53)21-15-39-42(16-21)17-28(47)38-12-3-1-2-11-37-24-6-4-5-22-30(24)35(51)44(34(22)50)25-9-10-27(46)40-33(25)49/h4-8,13-16,25,37,45H,1-3,9-12,17-18H2,(H,38,47)(H,41,48)(H,40,46,49). The minimum atomic E-state index is -4.37. The van der Waals surface area contributed by atoms with Crippen LogP contribution in [0.1, 0.15) is 52.8 Å². The van der Waals surface area contributed by atoms with Crippen LogP contribution in [-0.2, 0) is 35.9 Å². The molecule has 4 heterocycles. The van der Waals surface area contributed by atoms with Gasteiger partial charge in [-0.25, -0.2) is 13.4 Å². The molecule has 0 radical (unpaired) electrons. The molecular formula is C35H33FN8O9S. The number of hydrogen-bond donors (Lipinski definition) is 5. The first kappa shape index (κ1) is 36.0. The normalized spacial score (nSPS) is 17.9. The van der Waals surface area contributed by atoms with Gasteiger partial charge in [-0.05, 0) is 60.9 Å². The molecule has 6 amide bonds. The van der Waals surface area contributed by atoms with E-state index in [-0.39, 0.29) is 41.8 Å². The Bertz CT molecular complexity index is 2380. The topological polar surface area (TPSA) is 229 Å². The van der Waals surface area contributed by atoms with E-state index in [4.69, 9.17) is 0 Å². The third-order valence-electron chi connectivity index (χ3n) is 9.33. The highest BCUT2D eigenvalue weighted by Gasteiger charge is 2.45. The number of unbranched alkanes of at least 4 members (excludes halogenated alkanes) is 2. The van der Waals surface area contributed by atoms with Crippen molar-refractivity contribution >= 4 is 67.8 Å². The molecular weight excluding hydrogens is 727 g/mol. The molecule has 1 atom stereocenters. The third kappa shape index (κ3) is 6.80. The highest BCUT2D eigenvalue weighted by atomic mass is 32.2. The van der Waals surface area contributed by atoms with Gasteiger partial charge in [0.1, 0.15) is 30.6 Å². The molecule has 19 heteroatoms. The lowest BCUT2D eigenvalue weighted by Gasteiger charge is -2.27. The Morgan fingerprint density at radius 3 is 2.54 bits per heavy atom. The number of aromatic nitrogens is 2. The number of carbonyl (C=O) groups is 6. The molecule has 1 unspecified atom stereocenters. The van der Waals surface area contributed by atoms with Crippen LogP contribution in [0.2, 0.25) is 0 Å². The maximum absolute atomic E-state index is 15.7. The zero-order valence-corrected chi connectivity index (χ0v) is 29.2. The highest BCUT2D eigenvalue weighted by molar-refractivity contribution is 7.92. The summed E-state index contributed by atoms with van der Waals surface area (Å²) in [5, 5.41) is 23.2. The lowest BCUT2D eigenvalue weighted by Crippen LogP contribution is -2.54. The summed E-state index contributed by atoms with van der Waals surface area (Å²) in [4.78, 5) is 75.4. The van der Waals surface area contributed by atoms with Gasteiger partial charge in [0.25, 0.3) is 17.7 Å². The van der Waals surface area contributed by atoms with E-state index in [1.54, 1.807) is 35.2 Å². The van der Waals surface area contributed by atoms with Crippen molar-refractivity contribution in [2.75, 3.05) is 29.3 Å². The van der Waals surface area contributed by atoms with Crippen molar-refractivity contribution in [2.45, 2.75) is 44.7 Å². The first-order valence-corrected chi connectivity index (χ1v) is 18.4. The van der Waals surface area contributed by atoms with Crippen LogP contribution in [-0.4, -0.2) is 89.3 Å². The first-order valence-electron chi connectivity index (χ1n) is 17.0. The summed E-state index contributed by atoms with van der Waals surface area (Å²) in [6.45, 7) is 0.116. The Morgan fingerprint density at radius 1 is 0.981 bits per heavy atom. The van der Waals surface area contributed by atoms with E-state index in [1.807, 2.05) is 0 Å². The van der Waals surface area contributed by atoms with Crippen LogP contribution in [0.15, 0.2) is 54.9 Å². The smallest absolute Gasteiger partial charge is 0.326 e. The molecule has 2 saturated heterocycles. The molecule has 0 bridgehead atoms. The quantitative estimate of drug-likeness (QED) is 0.103. The number of halogens is 1. The molecule has 0 aliphatic carbocycles. The zero-order chi connectivity index (χ0) is 38.3. The molecule has 7 rings (SSSR count). The van der Waals surface area contributed by atoms with Crippen molar-refractivity contribution in [3.05, 3.63) is 71.8 Å². The SMILES string of the molecule is O=C(Cn1cc(-c2ccc3cc(O)c(N4CC(=O)NS4(=O)=O)c(F)c3c2)cn1)NCCCCCNc1cccc2c1C(=O)N(C1CCC(=O)NC1=O)C2=O. The second kappa shape index (κ2) is 14.2. The summed E-state index contributed by atoms with van der Waals surface area (Å²) in [5.74, 6) is -5.09. The van der Waals surface area contributed by atoms with Crippen molar-refractivity contribution in [3.63, 3.8) is 0 Å². The molecule has 3 aliphatic rings. The molecule has 280 valence electrons. The lowest BCUT2D eigenvalue weighted by atomic mass is 10.0. The average Bonchev–Trinajstić information content (AvgIpc) is 3.77. The van der Waals surface area contributed by atoms with E-state index < -0.39 is 69.6 Å². The monoisotopic (exact) mass is 760 g/mol. The second-order valence-electron chi connectivity index (χ2n) is 13.0. The average molecular weight is 761 g/mol. The van der Waals surface area contributed by atoms with Gasteiger partial charge in [0.05, 0.1) is 17.3 Å². The maximum atomic E-state index is 15.7. The first-order chi connectivity index (χ1) is 25.8. The highest BCUT2D eigenvalue weighted by Crippen LogP contribution is 2.39. The van der Waals surface area contributed by atoms with Gasteiger partial charge >= 0.3 is 10.2 Å². The fourth-order valence-electron chi connectivity index (χ4n) is 6.73. The van der Waals surface area contributed by atoms with E-state index in [1.165, 1.54) is 29.1 Å². The number of imide groups is 2. The number of benzene rings is 3. The van der Waals surface area contributed by atoms with Crippen LogP contribution in [0.25, 0.3) is 21.9 Å². The number of phenolic OH excluding ortho intramolecular Hbond substituents is 1. The number of aromatic hydroxyl groups is 1. The summed E-state index contributed by atoms with van der Waals surface area (Å²) in [7, 11) is -4.37. The molecule has 5 N–H and O–H groups in total. The van der Waals surface area contributed by atoms with Gasteiger partial charge in [-0.1, -0.05) is 18.2 Å². The Balaban J connectivity index is 0.885. The van der Waals surface area contributed by atoms with Gasteiger partial charge in [0.15, 0.2) is 5.82 Å². The van der Waals surface area contributed by atoms with Crippen molar-refractivity contribution in [3.8, 4) is 16.9 Å². The fraction of sp³-hybridized carbons (Fsp3) is 0.286. The number of nitrogens with zero attached hydrogens (tertiary/aromatic N) is 4. The number of rotatable bonds is 12. The number of nitrogens with one attached hydrogen (secondary N) is 4. The predicted molar refractivity (Wildman–Crippen MR) is 190 cm³/mol. The molecule has 1 aromatic heterocycles. The van der Waals surface area contributed by atoms with E-state index in [0.717, 1.165) is 11.3 Å². The Hall–Kier alpha value is -6.37.